The van der Waals surface area contributed by atoms with Gasteiger partial charge in [0.2, 0.25) is 11.8 Å². The fourth-order valence-electron chi connectivity index (χ4n) is 10.3. The molecule has 7 rings (SSSR count). The molecule has 6 amide bonds. The number of hydrogen-bond donors (Lipinski definition) is 7. The van der Waals surface area contributed by atoms with Gasteiger partial charge in [-0.1, -0.05) is 61.7 Å². The lowest BCUT2D eigenvalue weighted by Gasteiger charge is -2.37. The third kappa shape index (κ3) is 14.5. The van der Waals surface area contributed by atoms with Crippen LogP contribution < -0.4 is 37.2 Å². The number of carbonyl (C=O) groups is 5. The quantitative estimate of drug-likeness (QED) is 0.0260. The predicted octanol–water partition coefficient (Wildman–Crippen LogP) is 6.92. The number of carbonyl (C=O) groups excluding carboxylic acids is 5. The van der Waals surface area contributed by atoms with Gasteiger partial charge >= 0.3 is 6.03 Å². The smallest absolute Gasteiger partial charge is 0.312 e. The maximum absolute atomic E-state index is 15.3. The lowest BCUT2D eigenvalue weighted by Crippen LogP contribution is -3.07. The molecule has 3 heterocycles. The van der Waals surface area contributed by atoms with Gasteiger partial charge in [0.05, 0.1) is 37.5 Å². The number of aromatic hydroxyl groups is 1. The minimum absolute atomic E-state index is 0.0374. The number of anilines is 3. The Morgan fingerprint density at radius 3 is 2.32 bits per heavy atom. The van der Waals surface area contributed by atoms with Gasteiger partial charge in [-0.3, -0.25) is 24.1 Å². The summed E-state index contributed by atoms with van der Waals surface area (Å²) in [6.45, 7) is 9.61. The first-order valence-corrected chi connectivity index (χ1v) is 27.5. The number of halogens is 1. The van der Waals surface area contributed by atoms with Crippen LogP contribution in [-0.2, 0) is 54.5 Å². The second-order valence-electron chi connectivity index (χ2n) is 21.1. The molecule has 0 radical (unpaired) electrons. The zero-order chi connectivity index (χ0) is 58.7. The number of nitrogens with one attached hydrogen (secondary N) is 4. The number of rotatable bonds is 23. The molecule has 1 aliphatic heterocycles. The van der Waals surface area contributed by atoms with Crippen molar-refractivity contribution in [3.8, 4) is 35.4 Å². The Morgan fingerprint density at radius 2 is 1.64 bits per heavy atom. The highest BCUT2D eigenvalue weighted by Gasteiger charge is 2.34. The van der Waals surface area contributed by atoms with Crippen LogP contribution in [0.5, 0.6) is 5.75 Å². The summed E-state index contributed by atoms with van der Waals surface area (Å²) in [5.41, 5.74) is 20.6. The number of nitrogens with two attached hydrogens (primary N) is 2. The fourth-order valence-corrected chi connectivity index (χ4v) is 10.5. The summed E-state index contributed by atoms with van der Waals surface area (Å²) >= 11 is 6.76. The zero-order valence-corrected chi connectivity index (χ0v) is 47.8. The number of phenols is 1. The number of benzene rings is 4. The first kappa shape index (κ1) is 60.3. The average Bonchev–Trinajstić information content (AvgIpc) is 3.99. The maximum atomic E-state index is 15.3. The Balaban J connectivity index is 1.10. The molecule has 1 aliphatic rings. The zero-order valence-electron chi connectivity index (χ0n) is 47.1. The number of nitriles is 1. The third-order valence-electron chi connectivity index (χ3n) is 15.2. The molecule has 19 heteroatoms. The van der Waals surface area contributed by atoms with Crippen LogP contribution in [0, 0.1) is 43.4 Å². The lowest BCUT2D eigenvalue weighted by molar-refractivity contribution is -0.894. The number of amides is 6. The van der Waals surface area contributed by atoms with Crippen molar-refractivity contribution in [2.45, 2.75) is 97.6 Å². The van der Waals surface area contributed by atoms with E-state index in [0.717, 1.165) is 29.7 Å². The molecule has 2 aromatic heterocycles. The minimum atomic E-state index is -0.939. The summed E-state index contributed by atoms with van der Waals surface area (Å²) in [6.07, 6.45) is 8.29. The first-order valence-electron chi connectivity index (χ1n) is 27.1. The summed E-state index contributed by atoms with van der Waals surface area (Å²) in [6, 6.07) is 28.4. The molecule has 0 spiro atoms. The summed E-state index contributed by atoms with van der Waals surface area (Å²) in [7, 11) is 5.73. The van der Waals surface area contributed by atoms with Crippen LogP contribution in [0.15, 0.2) is 97.1 Å². The molecule has 18 nitrogen and oxygen atoms in total. The van der Waals surface area contributed by atoms with Crippen molar-refractivity contribution in [2.24, 2.45) is 31.5 Å². The van der Waals surface area contributed by atoms with Crippen molar-refractivity contribution < 1.29 is 38.7 Å². The second kappa shape index (κ2) is 27.2. The SMILES string of the molecule is C#CCOCc1cc(NC(=O)[C@H](CCCNC(N)=O)NC(=O)[C@@H](N)C(C)C)ccc1C[NH+](C)CCC[C@@H]1Cc2ccccc2CN1C(=O)c1ccc(Cl)cc1-c1cc(C(=O)N(c2ccc(O)cc2)c2cc(C#N)n(C)c2C)c(C)n1C. The highest BCUT2D eigenvalue weighted by Crippen LogP contribution is 2.38. The number of primary amides is 1. The van der Waals surface area contributed by atoms with Gasteiger partial charge in [-0.15, -0.1) is 6.42 Å². The Labute approximate surface area is 479 Å². The van der Waals surface area contributed by atoms with Crippen LogP contribution in [0.4, 0.5) is 21.9 Å². The van der Waals surface area contributed by atoms with E-state index in [2.05, 4.69) is 47.1 Å². The van der Waals surface area contributed by atoms with Gasteiger partial charge in [0.15, 0.2) is 0 Å². The van der Waals surface area contributed by atoms with Crippen molar-refractivity contribution >= 4 is 58.3 Å². The van der Waals surface area contributed by atoms with E-state index in [9.17, 15) is 24.8 Å². The molecule has 0 saturated heterocycles. The molecule has 4 aromatic carbocycles. The third-order valence-corrected chi connectivity index (χ3v) is 15.5. The minimum Gasteiger partial charge on any atom is -0.508 e. The van der Waals surface area contributed by atoms with Crippen LogP contribution in [0.25, 0.3) is 11.3 Å². The summed E-state index contributed by atoms with van der Waals surface area (Å²) in [5, 5.41) is 28.8. The molecule has 424 valence electrons. The Kier molecular flexibility index (Phi) is 20.2. The van der Waals surface area contributed by atoms with Crippen LogP contribution in [-0.4, -0.2) is 93.7 Å². The van der Waals surface area contributed by atoms with Gasteiger partial charge in [-0.05, 0) is 135 Å². The van der Waals surface area contributed by atoms with E-state index in [1.807, 2.05) is 74.5 Å². The van der Waals surface area contributed by atoms with Crippen molar-refractivity contribution in [1.82, 2.24) is 24.7 Å². The van der Waals surface area contributed by atoms with Gasteiger partial charge in [0.1, 0.15) is 36.7 Å². The molecule has 0 saturated carbocycles. The summed E-state index contributed by atoms with van der Waals surface area (Å²) < 4.78 is 9.43. The molecule has 0 fully saturated rings. The van der Waals surface area contributed by atoms with E-state index < -0.39 is 29.9 Å². The Morgan fingerprint density at radius 1 is 0.914 bits per heavy atom. The Hall–Kier alpha value is -8.39. The number of terminal acetylenes is 1. The number of hydrogen-bond acceptors (Lipinski definition) is 9. The molecule has 1 unspecified atom stereocenters. The molecule has 0 aliphatic carbocycles. The lowest BCUT2D eigenvalue weighted by atomic mass is 9.90. The number of aromatic nitrogens is 2. The van der Waals surface area contributed by atoms with Gasteiger partial charge in [-0.25, -0.2) is 4.79 Å². The largest absolute Gasteiger partial charge is 0.508 e. The van der Waals surface area contributed by atoms with Crippen LogP contribution in [0.3, 0.4) is 0 Å². The standard InChI is InChI=1S/C62H72ClN11O7/c1-9-28-81-37-44-29-46(68-58(76)54(17-12-26-67-62(66)80)69-59(77)57(65)38(2)3)20-18-43(44)35-70(6)27-13-16-48-30-41-14-10-11-15-42(41)36-73(48)60(78)51-25-19-45(63)31-53(51)56-33-52(39(4)72(56)8)61(79)74(47-21-23-50(75)24-22-47)55-32-49(34-64)71(7)40(55)5/h1,10-11,14-15,18-25,29,31-33,38,48,54,57,75H,12-13,16-17,26-28,30,35-37,65H2,2-8H3,(H,68,76)(H,69,77)(H3,66,67,80)/p+1/t48-,54+,57+/m1/s1. The number of ether oxygens (including phenoxy) is 1. The van der Waals surface area contributed by atoms with E-state index in [4.69, 9.17) is 34.2 Å². The molecule has 6 aromatic rings. The fraction of sp³-hybridized carbons (Fsp3) is 0.355. The molecular weight excluding hydrogens is 1050 g/mol. The van der Waals surface area contributed by atoms with E-state index >= 15 is 9.59 Å². The van der Waals surface area contributed by atoms with Crippen molar-refractivity contribution in [2.75, 3.05) is 37.0 Å². The van der Waals surface area contributed by atoms with E-state index in [1.165, 1.54) is 22.6 Å². The maximum Gasteiger partial charge on any atom is 0.312 e. The molecule has 9 N–H and O–H groups in total. The predicted molar refractivity (Wildman–Crippen MR) is 314 cm³/mol. The van der Waals surface area contributed by atoms with Crippen LogP contribution in [0.2, 0.25) is 5.02 Å². The number of phenolic OH excluding ortho intramolecular Hbond substituents is 1. The van der Waals surface area contributed by atoms with Crippen molar-refractivity contribution in [3.63, 3.8) is 0 Å². The molecule has 4 atom stereocenters. The number of quaternary nitrogens is 1. The highest BCUT2D eigenvalue weighted by atomic mass is 35.5. The monoisotopic (exact) mass is 1120 g/mol. The van der Waals surface area contributed by atoms with E-state index in [0.29, 0.717) is 93.9 Å². The highest BCUT2D eigenvalue weighted by molar-refractivity contribution is 6.31. The first-order chi connectivity index (χ1) is 38.7. The van der Waals surface area contributed by atoms with Gasteiger partial charge in [0.25, 0.3) is 11.8 Å². The average molecular weight is 1120 g/mol. The number of nitrogens with zero attached hydrogens (tertiary/aromatic N) is 5. The van der Waals surface area contributed by atoms with E-state index in [-0.39, 0.29) is 55.7 Å². The van der Waals surface area contributed by atoms with Crippen molar-refractivity contribution in [1.29, 1.82) is 5.26 Å². The van der Waals surface area contributed by atoms with E-state index in [1.54, 1.807) is 59.0 Å². The second-order valence-corrected chi connectivity index (χ2v) is 21.6. The molecule has 81 heavy (non-hydrogen) atoms. The van der Waals surface area contributed by atoms with Crippen LogP contribution >= 0.6 is 11.6 Å². The summed E-state index contributed by atoms with van der Waals surface area (Å²) in [5.74, 6) is 0.949. The Bertz CT molecular complexity index is 3370. The van der Waals surface area contributed by atoms with Gasteiger partial charge in [0, 0.05) is 83.4 Å². The van der Waals surface area contributed by atoms with Crippen molar-refractivity contribution in [3.05, 3.63) is 153 Å². The topological polar surface area (TPSA) is 248 Å². The normalized spacial score (nSPS) is 14.0. The van der Waals surface area contributed by atoms with Gasteiger partial charge in [-0.2, -0.15) is 5.26 Å². The van der Waals surface area contributed by atoms with Crippen LogP contribution in [0.1, 0.15) is 99.6 Å². The number of urea groups is 1. The molecule has 0 bridgehead atoms. The summed E-state index contributed by atoms with van der Waals surface area (Å²) in [4.78, 5) is 73.0. The number of fused-ring (bicyclic) bond motifs is 1. The molecular formula is C62H73ClN11O7+. The van der Waals surface area contributed by atoms with Gasteiger partial charge < -0.3 is 56.2 Å².